The molecule has 4 rings (SSSR count). The second-order valence-corrected chi connectivity index (χ2v) is 5.16. The molecule has 6 heteroatoms. The van der Waals surface area contributed by atoms with Crippen LogP contribution in [0.25, 0.3) is 11.1 Å². The first-order valence-electron chi connectivity index (χ1n) is 7.09. The van der Waals surface area contributed by atoms with Crippen LogP contribution in [0.3, 0.4) is 0 Å². The summed E-state index contributed by atoms with van der Waals surface area (Å²) >= 11 is 0. The number of anilines is 1. The van der Waals surface area contributed by atoms with Crippen molar-refractivity contribution in [2.45, 2.75) is 19.3 Å². The first-order valence-corrected chi connectivity index (χ1v) is 7.09. The van der Waals surface area contributed by atoms with Gasteiger partial charge < -0.3 is 9.73 Å². The number of aromatic nitrogens is 3. The Bertz CT molecular complexity index is 927. The number of benzene rings is 1. The number of hydrogen-bond donors (Lipinski definition) is 2. The molecule has 22 heavy (non-hydrogen) atoms. The summed E-state index contributed by atoms with van der Waals surface area (Å²) in [7, 11) is 0. The summed E-state index contributed by atoms with van der Waals surface area (Å²) in [5, 5.41) is 20.0. The van der Waals surface area contributed by atoms with Gasteiger partial charge in [0.05, 0.1) is 23.8 Å². The lowest BCUT2D eigenvalue weighted by molar-refractivity contribution is 0.602. The Labute approximate surface area is 126 Å². The molecule has 2 N–H and O–H groups in total. The molecule has 0 saturated carbocycles. The summed E-state index contributed by atoms with van der Waals surface area (Å²) in [6.45, 7) is 2.02. The van der Waals surface area contributed by atoms with E-state index in [2.05, 4.69) is 26.6 Å². The van der Waals surface area contributed by atoms with E-state index in [1.54, 1.807) is 6.20 Å². The van der Waals surface area contributed by atoms with E-state index in [1.807, 2.05) is 25.1 Å². The lowest BCUT2D eigenvalue weighted by Gasteiger charge is -2.25. The van der Waals surface area contributed by atoms with Gasteiger partial charge in [-0.1, -0.05) is 19.1 Å². The van der Waals surface area contributed by atoms with Crippen LogP contribution in [0.2, 0.25) is 0 Å². The minimum absolute atomic E-state index is 0.191. The Balaban J connectivity index is 2.02. The fraction of sp³-hybridized carbons (Fsp3) is 0.188. The molecule has 1 atom stereocenters. The third kappa shape index (κ3) is 1.66. The van der Waals surface area contributed by atoms with Crippen LogP contribution in [0.4, 0.5) is 5.82 Å². The monoisotopic (exact) mass is 291 g/mol. The van der Waals surface area contributed by atoms with Crippen LogP contribution in [0, 0.1) is 11.3 Å². The molecule has 1 aliphatic heterocycles. The van der Waals surface area contributed by atoms with Gasteiger partial charge in [-0.05, 0) is 18.1 Å². The minimum atomic E-state index is -0.191. The fourth-order valence-electron chi connectivity index (χ4n) is 3.04. The van der Waals surface area contributed by atoms with E-state index in [0.717, 1.165) is 40.2 Å². The highest BCUT2D eigenvalue weighted by Gasteiger charge is 2.32. The smallest absolute Gasteiger partial charge is 0.181 e. The summed E-state index contributed by atoms with van der Waals surface area (Å²) < 4.78 is 5.39. The third-order valence-electron chi connectivity index (χ3n) is 4.05. The number of H-pyrrole nitrogens is 1. The molecular formula is C16H13N5O. The van der Waals surface area contributed by atoms with E-state index in [1.165, 1.54) is 6.39 Å². The van der Waals surface area contributed by atoms with Gasteiger partial charge in [0.2, 0.25) is 0 Å². The van der Waals surface area contributed by atoms with Crippen LogP contribution >= 0.6 is 0 Å². The van der Waals surface area contributed by atoms with E-state index in [0.29, 0.717) is 5.57 Å². The molecule has 2 aromatic heterocycles. The average Bonchev–Trinajstić information content (AvgIpc) is 3.20. The summed E-state index contributed by atoms with van der Waals surface area (Å²) in [6.07, 6.45) is 3.93. The van der Waals surface area contributed by atoms with Crippen molar-refractivity contribution in [3.8, 4) is 6.07 Å². The van der Waals surface area contributed by atoms with E-state index in [4.69, 9.17) is 4.42 Å². The zero-order valence-corrected chi connectivity index (χ0v) is 11.9. The van der Waals surface area contributed by atoms with Crippen molar-refractivity contribution in [1.82, 2.24) is 15.2 Å². The summed E-state index contributed by atoms with van der Waals surface area (Å²) in [5.74, 6) is 0.644. The average molecular weight is 291 g/mol. The Morgan fingerprint density at radius 3 is 3.09 bits per heavy atom. The molecule has 0 spiro atoms. The van der Waals surface area contributed by atoms with Gasteiger partial charge in [0.25, 0.3) is 0 Å². The Morgan fingerprint density at radius 2 is 2.27 bits per heavy atom. The molecule has 0 aliphatic carbocycles. The lowest BCUT2D eigenvalue weighted by Crippen LogP contribution is -2.17. The molecule has 0 saturated heterocycles. The topological polar surface area (TPSA) is 90.5 Å². The number of allylic oxidation sites excluding steroid dienone is 2. The van der Waals surface area contributed by atoms with Gasteiger partial charge in [-0.25, -0.2) is 4.98 Å². The van der Waals surface area contributed by atoms with Gasteiger partial charge >= 0.3 is 0 Å². The number of nitrogens with zero attached hydrogens (tertiary/aromatic N) is 3. The van der Waals surface area contributed by atoms with Crippen LogP contribution in [-0.4, -0.2) is 15.2 Å². The molecule has 108 valence electrons. The molecule has 3 aromatic rings. The highest BCUT2D eigenvalue weighted by Crippen LogP contribution is 2.42. The molecule has 1 unspecified atom stereocenters. The van der Waals surface area contributed by atoms with Gasteiger partial charge in [0.1, 0.15) is 11.3 Å². The van der Waals surface area contributed by atoms with Crippen molar-refractivity contribution < 1.29 is 4.42 Å². The fourth-order valence-corrected chi connectivity index (χ4v) is 3.04. The van der Waals surface area contributed by atoms with E-state index < -0.39 is 0 Å². The number of para-hydroxylation sites is 1. The first kappa shape index (κ1) is 12.7. The van der Waals surface area contributed by atoms with Crippen molar-refractivity contribution in [2.24, 2.45) is 0 Å². The number of nitriles is 1. The number of oxazole rings is 1. The maximum atomic E-state index is 9.69. The quantitative estimate of drug-likeness (QED) is 0.756. The van der Waals surface area contributed by atoms with E-state index in [9.17, 15) is 5.26 Å². The number of rotatable bonds is 2. The van der Waals surface area contributed by atoms with E-state index >= 15 is 0 Å². The van der Waals surface area contributed by atoms with Gasteiger partial charge in [-0.3, -0.25) is 5.10 Å². The van der Waals surface area contributed by atoms with Crippen molar-refractivity contribution >= 4 is 16.9 Å². The second kappa shape index (κ2) is 4.74. The standard InChI is InChI=1S/C16H13N5O/c1-2-12-10(6-17)14(11-7-19-21-16(11)20-12)9-4-3-5-13-15(9)18-8-22-13/h3-5,7-8,14H,2H2,1H3,(H2,19,20,21). The van der Waals surface area contributed by atoms with Crippen LogP contribution in [-0.2, 0) is 0 Å². The normalized spacial score (nSPS) is 17.2. The molecule has 0 bridgehead atoms. The molecule has 1 aromatic carbocycles. The molecule has 0 amide bonds. The van der Waals surface area contributed by atoms with Crippen LogP contribution < -0.4 is 5.32 Å². The van der Waals surface area contributed by atoms with Crippen molar-refractivity contribution in [3.63, 3.8) is 0 Å². The number of aromatic amines is 1. The second-order valence-electron chi connectivity index (χ2n) is 5.16. The van der Waals surface area contributed by atoms with Gasteiger partial charge in [0.15, 0.2) is 12.0 Å². The maximum absolute atomic E-state index is 9.69. The Kier molecular flexibility index (Phi) is 2.73. The van der Waals surface area contributed by atoms with E-state index in [-0.39, 0.29) is 5.92 Å². The Hall–Kier alpha value is -3.07. The highest BCUT2D eigenvalue weighted by atomic mass is 16.3. The molecule has 0 fully saturated rings. The largest absolute Gasteiger partial charge is 0.443 e. The highest BCUT2D eigenvalue weighted by molar-refractivity contribution is 5.80. The molecular weight excluding hydrogens is 278 g/mol. The summed E-state index contributed by atoms with van der Waals surface area (Å²) in [6, 6.07) is 8.14. The van der Waals surface area contributed by atoms with Crippen molar-refractivity contribution in [1.29, 1.82) is 5.26 Å². The van der Waals surface area contributed by atoms with Gasteiger partial charge in [0, 0.05) is 11.3 Å². The predicted octanol–water partition coefficient (Wildman–Crippen LogP) is 3.30. The summed E-state index contributed by atoms with van der Waals surface area (Å²) in [4.78, 5) is 4.32. The number of hydrogen-bond acceptors (Lipinski definition) is 5. The van der Waals surface area contributed by atoms with Gasteiger partial charge in [-0.15, -0.1) is 0 Å². The third-order valence-corrected chi connectivity index (χ3v) is 4.05. The van der Waals surface area contributed by atoms with Crippen LogP contribution in [0.5, 0.6) is 0 Å². The molecule has 1 aliphatic rings. The molecule has 0 radical (unpaired) electrons. The van der Waals surface area contributed by atoms with Crippen LogP contribution in [0.15, 0.2) is 46.5 Å². The molecule has 3 heterocycles. The minimum Gasteiger partial charge on any atom is -0.443 e. The van der Waals surface area contributed by atoms with Crippen LogP contribution in [0.1, 0.15) is 30.4 Å². The van der Waals surface area contributed by atoms with Crippen molar-refractivity contribution in [3.05, 3.63) is 53.2 Å². The number of fused-ring (bicyclic) bond motifs is 2. The number of nitrogens with one attached hydrogen (secondary N) is 2. The zero-order chi connectivity index (χ0) is 15.1. The first-order chi connectivity index (χ1) is 10.8. The van der Waals surface area contributed by atoms with Crippen molar-refractivity contribution in [2.75, 3.05) is 5.32 Å². The SMILES string of the molecule is CCC1=C(C#N)C(c2cccc3ocnc23)c2cn[nH]c2N1. The predicted molar refractivity (Wildman–Crippen MR) is 81.0 cm³/mol. The Morgan fingerprint density at radius 1 is 1.36 bits per heavy atom. The molecule has 6 nitrogen and oxygen atoms in total. The van der Waals surface area contributed by atoms with Gasteiger partial charge in [-0.2, -0.15) is 10.4 Å². The summed E-state index contributed by atoms with van der Waals surface area (Å²) in [5.41, 5.74) is 5.01. The maximum Gasteiger partial charge on any atom is 0.181 e. The zero-order valence-electron chi connectivity index (χ0n) is 11.9. The lowest BCUT2D eigenvalue weighted by atomic mass is 9.82.